The molecule has 1 aliphatic heterocycles. The van der Waals surface area contributed by atoms with Gasteiger partial charge in [-0.15, -0.1) is 0 Å². The van der Waals surface area contributed by atoms with Crippen molar-refractivity contribution >= 4 is 23.3 Å². The summed E-state index contributed by atoms with van der Waals surface area (Å²) in [7, 11) is 2.27. The average molecular weight is 719 g/mol. The highest BCUT2D eigenvalue weighted by molar-refractivity contribution is 5.99. The number of ether oxygens (including phenoxy) is 3. The van der Waals surface area contributed by atoms with Gasteiger partial charge in [-0.25, -0.2) is 4.79 Å². The SMILES string of the molecule is COc1ccc(NC(=O)[C@@](OC)(c2ccccc2)C(F)(F)F)cc1C1=C(CN2C(=O)O[C@H](c3cc(C)cc(C(F)(F)F)c3)[C@@H]2C)CC(C)(C)CC1. The largest absolute Gasteiger partial charge is 0.496 e. The zero-order valence-electron chi connectivity index (χ0n) is 29.1. The summed E-state index contributed by atoms with van der Waals surface area (Å²) in [6.07, 6.45) is -9.56. The lowest BCUT2D eigenvalue weighted by molar-refractivity contribution is -0.263. The van der Waals surface area contributed by atoms with E-state index in [1.807, 2.05) is 0 Å². The number of carbonyl (C=O) groups is 2. The number of aryl methyl sites for hydroxylation is 1. The van der Waals surface area contributed by atoms with Crippen molar-refractivity contribution in [3.63, 3.8) is 0 Å². The van der Waals surface area contributed by atoms with Crippen LogP contribution in [0.2, 0.25) is 0 Å². The van der Waals surface area contributed by atoms with E-state index < -0.39 is 53.2 Å². The van der Waals surface area contributed by atoms with Crippen LogP contribution < -0.4 is 10.1 Å². The van der Waals surface area contributed by atoms with E-state index in [0.717, 1.165) is 36.8 Å². The molecule has 0 aromatic heterocycles. The van der Waals surface area contributed by atoms with Gasteiger partial charge in [0, 0.05) is 30.5 Å². The summed E-state index contributed by atoms with van der Waals surface area (Å²) >= 11 is 0. The van der Waals surface area contributed by atoms with E-state index in [9.17, 15) is 35.9 Å². The quantitative estimate of drug-likeness (QED) is 0.223. The minimum Gasteiger partial charge on any atom is -0.496 e. The predicted octanol–water partition coefficient (Wildman–Crippen LogP) is 9.61. The number of amides is 2. The van der Waals surface area contributed by atoms with Gasteiger partial charge >= 0.3 is 18.4 Å². The molecule has 2 amide bonds. The number of cyclic esters (lactones) is 1. The van der Waals surface area contributed by atoms with Crippen molar-refractivity contribution in [1.29, 1.82) is 0 Å². The second kappa shape index (κ2) is 13.9. The van der Waals surface area contributed by atoms with Crippen molar-refractivity contribution in [2.75, 3.05) is 26.1 Å². The highest BCUT2D eigenvalue weighted by atomic mass is 19.4. The molecule has 5 rings (SSSR count). The minimum absolute atomic E-state index is 0.0584. The smallest absolute Gasteiger partial charge is 0.430 e. The fraction of sp³-hybridized carbons (Fsp3) is 0.421. The van der Waals surface area contributed by atoms with Crippen LogP contribution in [0.25, 0.3) is 5.57 Å². The molecule has 0 unspecified atom stereocenters. The molecule has 1 saturated heterocycles. The molecule has 0 saturated carbocycles. The maximum atomic E-state index is 14.6. The van der Waals surface area contributed by atoms with Crippen LogP contribution in [-0.2, 0) is 26.0 Å². The molecule has 274 valence electrons. The second-order valence-corrected chi connectivity index (χ2v) is 13.8. The third-order valence-corrected chi connectivity index (χ3v) is 9.67. The summed E-state index contributed by atoms with van der Waals surface area (Å²) in [5.41, 5.74) is -1.94. The lowest BCUT2D eigenvalue weighted by atomic mass is 9.72. The normalized spacial score (nSPS) is 20.5. The Bertz CT molecular complexity index is 1820. The number of benzene rings is 3. The molecule has 1 aliphatic carbocycles. The van der Waals surface area contributed by atoms with Crippen LogP contribution in [0.5, 0.6) is 5.75 Å². The van der Waals surface area contributed by atoms with Crippen LogP contribution in [0.4, 0.5) is 36.8 Å². The second-order valence-electron chi connectivity index (χ2n) is 13.8. The van der Waals surface area contributed by atoms with E-state index in [4.69, 9.17) is 14.2 Å². The first kappa shape index (κ1) is 37.7. The lowest BCUT2D eigenvalue weighted by Crippen LogP contribution is -2.53. The Morgan fingerprint density at radius 2 is 1.67 bits per heavy atom. The molecule has 0 bridgehead atoms. The molecule has 3 aromatic rings. The first-order valence-corrected chi connectivity index (χ1v) is 16.4. The molecule has 3 atom stereocenters. The maximum absolute atomic E-state index is 14.6. The molecule has 3 aromatic carbocycles. The third kappa shape index (κ3) is 7.44. The maximum Gasteiger partial charge on any atom is 0.430 e. The molecule has 51 heavy (non-hydrogen) atoms. The van der Waals surface area contributed by atoms with Crippen LogP contribution >= 0.6 is 0 Å². The monoisotopic (exact) mass is 718 g/mol. The highest BCUT2D eigenvalue weighted by Gasteiger charge is 2.62. The van der Waals surface area contributed by atoms with Crippen molar-refractivity contribution in [3.05, 3.63) is 100 Å². The summed E-state index contributed by atoms with van der Waals surface area (Å²) in [4.78, 5) is 28.3. The Labute approximate surface area is 292 Å². The summed E-state index contributed by atoms with van der Waals surface area (Å²) in [6, 6.07) is 14.1. The van der Waals surface area contributed by atoms with Gasteiger partial charge in [0.15, 0.2) is 0 Å². The van der Waals surface area contributed by atoms with E-state index in [2.05, 4.69) is 19.2 Å². The van der Waals surface area contributed by atoms with Gasteiger partial charge in [-0.3, -0.25) is 9.69 Å². The number of nitrogens with one attached hydrogen (secondary N) is 1. The number of allylic oxidation sites excluding steroid dienone is 1. The van der Waals surface area contributed by atoms with Gasteiger partial charge in [-0.2, -0.15) is 26.3 Å². The number of halogens is 6. The summed E-state index contributed by atoms with van der Waals surface area (Å²) in [5, 5.41) is 2.40. The van der Waals surface area contributed by atoms with Gasteiger partial charge in [-0.05, 0) is 85.6 Å². The first-order valence-electron chi connectivity index (χ1n) is 16.4. The minimum atomic E-state index is -5.11. The molecule has 0 radical (unpaired) electrons. The number of alkyl halides is 6. The molecular formula is C38H40F6N2O5. The van der Waals surface area contributed by atoms with E-state index in [-0.39, 0.29) is 23.2 Å². The summed E-state index contributed by atoms with van der Waals surface area (Å²) in [5.74, 6) is -1.05. The Hall–Kier alpha value is -4.52. The third-order valence-electron chi connectivity index (χ3n) is 9.67. The van der Waals surface area contributed by atoms with Crippen molar-refractivity contribution in [2.24, 2.45) is 5.41 Å². The zero-order valence-corrected chi connectivity index (χ0v) is 29.1. The zero-order chi connectivity index (χ0) is 37.5. The molecule has 7 nitrogen and oxygen atoms in total. The Morgan fingerprint density at radius 3 is 2.27 bits per heavy atom. The lowest BCUT2D eigenvalue weighted by Gasteiger charge is -2.36. The van der Waals surface area contributed by atoms with Gasteiger partial charge in [0.2, 0.25) is 0 Å². The van der Waals surface area contributed by atoms with E-state index >= 15 is 0 Å². The number of hydrogen-bond acceptors (Lipinski definition) is 5. The van der Waals surface area contributed by atoms with Crippen LogP contribution in [0.15, 0.2) is 72.3 Å². The average Bonchev–Trinajstić information content (AvgIpc) is 3.32. The summed E-state index contributed by atoms with van der Waals surface area (Å²) in [6.45, 7) is 7.49. The Kier molecular flexibility index (Phi) is 10.3. The fourth-order valence-corrected chi connectivity index (χ4v) is 7.06. The van der Waals surface area contributed by atoms with Crippen LogP contribution in [-0.4, -0.2) is 49.9 Å². The Morgan fingerprint density at radius 1 is 0.980 bits per heavy atom. The summed E-state index contributed by atoms with van der Waals surface area (Å²) < 4.78 is 101. The van der Waals surface area contributed by atoms with Crippen molar-refractivity contribution < 1.29 is 50.1 Å². The van der Waals surface area contributed by atoms with E-state index in [0.29, 0.717) is 29.7 Å². The number of rotatable bonds is 9. The molecule has 1 heterocycles. The first-order chi connectivity index (χ1) is 23.8. The van der Waals surface area contributed by atoms with E-state index in [1.54, 1.807) is 26.0 Å². The molecule has 0 spiro atoms. The number of hydrogen-bond donors (Lipinski definition) is 1. The van der Waals surface area contributed by atoms with Crippen molar-refractivity contribution in [3.8, 4) is 5.75 Å². The molecular weight excluding hydrogens is 678 g/mol. The van der Waals surface area contributed by atoms with Crippen LogP contribution in [0, 0.1) is 12.3 Å². The highest BCUT2D eigenvalue weighted by Crippen LogP contribution is 2.47. The van der Waals surface area contributed by atoms with Gasteiger partial charge in [0.05, 0.1) is 18.7 Å². The van der Waals surface area contributed by atoms with Gasteiger partial charge < -0.3 is 19.5 Å². The fourth-order valence-electron chi connectivity index (χ4n) is 7.06. The van der Waals surface area contributed by atoms with Crippen molar-refractivity contribution in [2.45, 2.75) is 77.1 Å². The van der Waals surface area contributed by atoms with Gasteiger partial charge in [-0.1, -0.05) is 55.8 Å². The van der Waals surface area contributed by atoms with Gasteiger partial charge in [0.1, 0.15) is 11.9 Å². The molecule has 2 aliphatic rings. The standard InChI is InChI=1S/C38H40F6N2O5/c1-22-16-24(18-27(17-22)37(39,40)41)32-23(2)46(34(48)51-32)21-25-20-35(3,4)15-14-29(25)30-19-28(12-13-31(30)49-5)45-33(47)36(50-6,38(42,43)44)26-10-8-7-9-11-26/h7-13,16-19,23,32H,14-15,20-21H2,1-6H3,(H,45,47)/t23-,32-,36-/m0/s1. The van der Waals surface area contributed by atoms with Crippen molar-refractivity contribution in [1.82, 2.24) is 4.90 Å². The number of nitrogens with zero attached hydrogens (tertiary/aromatic N) is 1. The predicted molar refractivity (Wildman–Crippen MR) is 179 cm³/mol. The number of carbonyl (C=O) groups excluding carboxylic acids is 2. The van der Waals surface area contributed by atoms with Crippen LogP contribution in [0.1, 0.15) is 74.0 Å². The van der Waals surface area contributed by atoms with Crippen LogP contribution in [0.3, 0.4) is 0 Å². The van der Waals surface area contributed by atoms with Gasteiger partial charge in [0.25, 0.3) is 11.5 Å². The Balaban J connectivity index is 1.52. The molecule has 1 fully saturated rings. The van der Waals surface area contributed by atoms with E-state index in [1.165, 1.54) is 54.5 Å². The topological polar surface area (TPSA) is 77.1 Å². The number of anilines is 1. The molecule has 13 heteroatoms. The number of methoxy groups -OCH3 is 2. The molecule has 1 N–H and O–H groups in total.